The molecule has 0 aromatic rings. The van der Waals surface area contributed by atoms with E-state index in [2.05, 4.69) is 0 Å². The number of unbranched alkanes of at least 4 members (excludes halogenated alkanes) is 3. The molecule has 0 heterocycles. The van der Waals surface area contributed by atoms with Crippen LogP contribution in [0.2, 0.25) is 0 Å². The summed E-state index contributed by atoms with van der Waals surface area (Å²) in [5.41, 5.74) is 0. The topological polar surface area (TPSA) is 115 Å². The van der Waals surface area contributed by atoms with Crippen molar-refractivity contribution in [2.75, 3.05) is 0 Å². The number of rotatable bonds is 13. The molecule has 0 saturated heterocycles. The molecular weight excluding hydrogens is 336 g/mol. The smallest absolute Gasteiger partial charge is 0.303 e. The summed E-state index contributed by atoms with van der Waals surface area (Å²) >= 11 is 0. The average Bonchev–Trinajstić information content (AvgIpc) is 2.81. The maximum atomic E-state index is 12.1. The SMILES string of the molecule is C[C@H](O)CCC[C@@H](O)/C=C/[C@H]1[C@H](O)CC(=O)[C@@H]1CCCCCCC(=O)O. The second kappa shape index (κ2) is 12.2. The van der Waals surface area contributed by atoms with Crippen molar-refractivity contribution in [1.82, 2.24) is 0 Å². The second-order valence-electron chi connectivity index (χ2n) is 7.50. The summed E-state index contributed by atoms with van der Waals surface area (Å²) in [6.45, 7) is 1.72. The Morgan fingerprint density at radius 2 is 1.85 bits per heavy atom. The number of carbonyl (C=O) groups excluding carboxylic acids is 1. The number of aliphatic carboxylic acids is 1. The summed E-state index contributed by atoms with van der Waals surface area (Å²) in [7, 11) is 0. The van der Waals surface area contributed by atoms with E-state index in [0.29, 0.717) is 25.7 Å². The lowest BCUT2D eigenvalue weighted by Gasteiger charge is -2.18. The third-order valence-corrected chi connectivity index (χ3v) is 5.07. The standard InChI is InChI=1S/C20H34O6/c1-14(21)7-6-8-15(22)11-12-17-16(18(23)13-19(17)24)9-4-2-3-5-10-20(25)26/h11-12,14-17,19,21-22,24H,2-10,13H2,1H3,(H,25,26)/b12-11+/t14-,15+,16+,17+,19+/m0/s1. The fourth-order valence-corrected chi connectivity index (χ4v) is 3.56. The van der Waals surface area contributed by atoms with Crippen LogP contribution in [0.1, 0.15) is 71.1 Å². The van der Waals surface area contributed by atoms with Gasteiger partial charge >= 0.3 is 5.97 Å². The molecule has 1 saturated carbocycles. The summed E-state index contributed by atoms with van der Waals surface area (Å²) in [5.74, 6) is -1.18. The molecule has 5 atom stereocenters. The highest BCUT2D eigenvalue weighted by Crippen LogP contribution is 2.34. The summed E-state index contributed by atoms with van der Waals surface area (Å²) in [5, 5.41) is 38.0. The van der Waals surface area contributed by atoms with Gasteiger partial charge in [0.1, 0.15) is 5.78 Å². The Bertz CT molecular complexity index is 459. The number of aliphatic hydroxyl groups is 3. The van der Waals surface area contributed by atoms with Crippen molar-refractivity contribution in [2.45, 2.75) is 89.4 Å². The highest BCUT2D eigenvalue weighted by atomic mass is 16.4. The first-order chi connectivity index (χ1) is 12.3. The molecule has 0 amide bonds. The minimum atomic E-state index is -0.781. The number of aliphatic hydroxyl groups excluding tert-OH is 3. The second-order valence-corrected chi connectivity index (χ2v) is 7.50. The molecule has 1 aliphatic carbocycles. The highest BCUT2D eigenvalue weighted by molar-refractivity contribution is 5.84. The monoisotopic (exact) mass is 370 g/mol. The van der Waals surface area contributed by atoms with Crippen molar-refractivity contribution in [1.29, 1.82) is 0 Å². The Labute approximate surface area is 155 Å². The Kier molecular flexibility index (Phi) is 10.7. The molecule has 0 bridgehead atoms. The number of carboxylic acid groups (broad SMARTS) is 1. The predicted molar refractivity (Wildman–Crippen MR) is 98.6 cm³/mol. The minimum absolute atomic E-state index is 0.0706. The van der Waals surface area contributed by atoms with Gasteiger partial charge in [-0.1, -0.05) is 31.4 Å². The zero-order chi connectivity index (χ0) is 19.5. The van der Waals surface area contributed by atoms with Crippen LogP contribution in [-0.2, 0) is 9.59 Å². The molecule has 26 heavy (non-hydrogen) atoms. The van der Waals surface area contributed by atoms with E-state index >= 15 is 0 Å². The largest absolute Gasteiger partial charge is 0.481 e. The van der Waals surface area contributed by atoms with Gasteiger partial charge in [0.2, 0.25) is 0 Å². The number of carboxylic acids is 1. The number of carbonyl (C=O) groups is 2. The quantitative estimate of drug-likeness (QED) is 0.292. The molecular formula is C20H34O6. The Hall–Kier alpha value is -1.24. The van der Waals surface area contributed by atoms with E-state index in [1.807, 2.05) is 0 Å². The van der Waals surface area contributed by atoms with Crippen LogP contribution < -0.4 is 0 Å². The Morgan fingerprint density at radius 1 is 1.15 bits per heavy atom. The van der Waals surface area contributed by atoms with Crippen LogP contribution in [-0.4, -0.2) is 50.5 Å². The predicted octanol–water partition coefficient (Wildman–Crippen LogP) is 2.45. The van der Waals surface area contributed by atoms with Gasteiger partial charge in [-0.15, -0.1) is 0 Å². The average molecular weight is 370 g/mol. The Morgan fingerprint density at radius 3 is 2.50 bits per heavy atom. The van der Waals surface area contributed by atoms with Gasteiger partial charge < -0.3 is 20.4 Å². The van der Waals surface area contributed by atoms with E-state index in [0.717, 1.165) is 25.7 Å². The van der Waals surface area contributed by atoms with Gasteiger partial charge in [0, 0.05) is 24.7 Å². The zero-order valence-corrected chi connectivity index (χ0v) is 15.7. The molecule has 0 aliphatic heterocycles. The lowest BCUT2D eigenvalue weighted by atomic mass is 9.88. The van der Waals surface area contributed by atoms with Crippen molar-refractivity contribution in [3.8, 4) is 0 Å². The molecule has 4 N–H and O–H groups in total. The van der Waals surface area contributed by atoms with Crippen LogP contribution in [0.5, 0.6) is 0 Å². The van der Waals surface area contributed by atoms with Gasteiger partial charge in [0.25, 0.3) is 0 Å². The number of Topliss-reactive ketones (excluding diaryl/α,β-unsaturated/α-hetero) is 1. The molecule has 0 spiro atoms. The summed E-state index contributed by atoms with van der Waals surface area (Å²) in [6, 6.07) is 0. The first-order valence-corrected chi connectivity index (χ1v) is 9.78. The van der Waals surface area contributed by atoms with Gasteiger partial charge in [-0.2, -0.15) is 0 Å². The number of hydrogen-bond acceptors (Lipinski definition) is 5. The summed E-state index contributed by atoms with van der Waals surface area (Å²) in [6.07, 6.45) is 7.88. The van der Waals surface area contributed by atoms with E-state index in [1.54, 1.807) is 19.1 Å². The molecule has 0 radical (unpaired) electrons. The first-order valence-electron chi connectivity index (χ1n) is 9.78. The van der Waals surface area contributed by atoms with Crippen LogP contribution in [0.3, 0.4) is 0 Å². The molecule has 1 rings (SSSR count). The van der Waals surface area contributed by atoms with Gasteiger partial charge in [-0.05, 0) is 39.0 Å². The fourth-order valence-electron chi connectivity index (χ4n) is 3.56. The van der Waals surface area contributed by atoms with Crippen LogP contribution in [0, 0.1) is 11.8 Å². The van der Waals surface area contributed by atoms with Crippen molar-refractivity contribution in [3.05, 3.63) is 12.2 Å². The maximum absolute atomic E-state index is 12.1. The van der Waals surface area contributed by atoms with E-state index in [4.69, 9.17) is 5.11 Å². The van der Waals surface area contributed by atoms with Gasteiger partial charge in [-0.3, -0.25) is 9.59 Å². The molecule has 0 aromatic carbocycles. The number of ketones is 1. The van der Waals surface area contributed by atoms with E-state index in [9.17, 15) is 24.9 Å². The van der Waals surface area contributed by atoms with Crippen molar-refractivity contribution in [3.63, 3.8) is 0 Å². The van der Waals surface area contributed by atoms with Gasteiger partial charge in [-0.25, -0.2) is 0 Å². The van der Waals surface area contributed by atoms with E-state index < -0.39 is 18.2 Å². The first kappa shape index (κ1) is 22.8. The fraction of sp³-hybridized carbons (Fsp3) is 0.800. The summed E-state index contributed by atoms with van der Waals surface area (Å²) in [4.78, 5) is 22.6. The molecule has 6 heteroatoms. The lowest BCUT2D eigenvalue weighted by molar-refractivity contribution is -0.137. The van der Waals surface area contributed by atoms with Gasteiger partial charge in [0.05, 0.1) is 18.3 Å². The van der Waals surface area contributed by atoms with Crippen LogP contribution in [0.15, 0.2) is 12.2 Å². The van der Waals surface area contributed by atoms with E-state index in [-0.39, 0.29) is 36.6 Å². The third-order valence-electron chi connectivity index (χ3n) is 5.07. The van der Waals surface area contributed by atoms with Crippen molar-refractivity contribution in [2.24, 2.45) is 11.8 Å². The highest BCUT2D eigenvalue weighted by Gasteiger charge is 2.39. The van der Waals surface area contributed by atoms with Crippen LogP contribution >= 0.6 is 0 Å². The normalized spacial score (nSPS) is 25.7. The van der Waals surface area contributed by atoms with Crippen LogP contribution in [0.25, 0.3) is 0 Å². The lowest BCUT2D eigenvalue weighted by Crippen LogP contribution is -2.19. The molecule has 1 fully saturated rings. The molecule has 0 aromatic heterocycles. The van der Waals surface area contributed by atoms with Crippen LogP contribution in [0.4, 0.5) is 0 Å². The third kappa shape index (κ3) is 8.92. The Balaban J connectivity index is 2.39. The minimum Gasteiger partial charge on any atom is -0.481 e. The molecule has 0 unspecified atom stereocenters. The number of hydrogen-bond donors (Lipinski definition) is 4. The van der Waals surface area contributed by atoms with Gasteiger partial charge in [0.15, 0.2) is 0 Å². The molecule has 1 aliphatic rings. The van der Waals surface area contributed by atoms with Crippen molar-refractivity contribution < 1.29 is 30.0 Å². The molecule has 6 nitrogen and oxygen atoms in total. The maximum Gasteiger partial charge on any atom is 0.303 e. The summed E-state index contributed by atoms with van der Waals surface area (Å²) < 4.78 is 0. The zero-order valence-electron chi connectivity index (χ0n) is 15.7. The van der Waals surface area contributed by atoms with Crippen molar-refractivity contribution >= 4 is 11.8 Å². The molecule has 150 valence electrons. The van der Waals surface area contributed by atoms with E-state index in [1.165, 1.54) is 0 Å².